The molecule has 0 fully saturated rings. The van der Waals surface area contributed by atoms with E-state index in [9.17, 15) is 4.79 Å². The first-order valence-corrected chi connectivity index (χ1v) is 5.79. The Hall–Kier alpha value is -1.54. The van der Waals surface area contributed by atoms with Gasteiger partial charge in [0, 0.05) is 11.4 Å². The van der Waals surface area contributed by atoms with Crippen LogP contribution >= 0.6 is 11.6 Å². The molecule has 2 nitrogen and oxygen atoms in total. The molecule has 0 bridgehead atoms. The van der Waals surface area contributed by atoms with Gasteiger partial charge in [0.15, 0.2) is 5.78 Å². The third-order valence-corrected chi connectivity index (χ3v) is 2.87. The SMILES string of the molecule is Cc1cc(C(=O)Cc2ccc(Cl)cc2)c(C)o1. The molecule has 17 heavy (non-hydrogen) atoms. The first-order valence-electron chi connectivity index (χ1n) is 5.41. The smallest absolute Gasteiger partial charge is 0.170 e. The molecule has 0 saturated carbocycles. The van der Waals surface area contributed by atoms with E-state index in [1.165, 1.54) is 0 Å². The Morgan fingerprint density at radius 3 is 2.41 bits per heavy atom. The lowest BCUT2D eigenvalue weighted by atomic mass is 10.0. The number of halogens is 1. The molecule has 3 heteroatoms. The lowest BCUT2D eigenvalue weighted by molar-refractivity contribution is 0.0991. The Balaban J connectivity index is 2.17. The highest BCUT2D eigenvalue weighted by molar-refractivity contribution is 6.30. The molecule has 0 aliphatic rings. The van der Waals surface area contributed by atoms with Gasteiger partial charge in [-0.1, -0.05) is 23.7 Å². The molecule has 2 aromatic rings. The topological polar surface area (TPSA) is 30.2 Å². The second-order valence-corrected chi connectivity index (χ2v) is 4.49. The van der Waals surface area contributed by atoms with Crippen LogP contribution in [0.4, 0.5) is 0 Å². The largest absolute Gasteiger partial charge is 0.466 e. The van der Waals surface area contributed by atoms with E-state index in [0.717, 1.165) is 11.3 Å². The normalized spacial score (nSPS) is 10.5. The van der Waals surface area contributed by atoms with Crippen LogP contribution < -0.4 is 0 Å². The number of furan rings is 1. The number of hydrogen-bond donors (Lipinski definition) is 0. The van der Waals surface area contributed by atoms with Crippen LogP contribution in [0, 0.1) is 13.8 Å². The van der Waals surface area contributed by atoms with Crippen LogP contribution in [-0.4, -0.2) is 5.78 Å². The maximum absolute atomic E-state index is 12.0. The highest BCUT2D eigenvalue weighted by Gasteiger charge is 2.13. The molecule has 0 atom stereocenters. The van der Waals surface area contributed by atoms with Crippen LogP contribution in [0.3, 0.4) is 0 Å². The number of carbonyl (C=O) groups is 1. The molecule has 88 valence electrons. The van der Waals surface area contributed by atoms with E-state index >= 15 is 0 Å². The van der Waals surface area contributed by atoms with Gasteiger partial charge in [0.2, 0.25) is 0 Å². The van der Waals surface area contributed by atoms with E-state index in [-0.39, 0.29) is 5.78 Å². The zero-order valence-electron chi connectivity index (χ0n) is 9.79. The van der Waals surface area contributed by atoms with Crippen molar-refractivity contribution in [3.05, 3.63) is 58.0 Å². The summed E-state index contributed by atoms with van der Waals surface area (Å²) in [4.78, 5) is 12.0. The molecule has 0 saturated heterocycles. The van der Waals surface area contributed by atoms with E-state index in [4.69, 9.17) is 16.0 Å². The number of Topliss-reactive ketones (excluding diaryl/α,β-unsaturated/α-hetero) is 1. The molecule has 1 aromatic heterocycles. The molecular formula is C14H13ClO2. The maximum Gasteiger partial charge on any atom is 0.170 e. The number of aryl methyl sites for hydroxylation is 2. The molecule has 0 unspecified atom stereocenters. The van der Waals surface area contributed by atoms with Gasteiger partial charge in [0.1, 0.15) is 11.5 Å². The van der Waals surface area contributed by atoms with Gasteiger partial charge in [-0.3, -0.25) is 4.79 Å². The minimum absolute atomic E-state index is 0.0710. The molecular weight excluding hydrogens is 236 g/mol. The van der Waals surface area contributed by atoms with Crippen LogP contribution in [0.2, 0.25) is 5.02 Å². The predicted octanol–water partition coefficient (Wildman–Crippen LogP) is 3.98. The Kier molecular flexibility index (Phi) is 3.34. The summed E-state index contributed by atoms with van der Waals surface area (Å²) >= 11 is 5.79. The van der Waals surface area contributed by atoms with E-state index in [0.29, 0.717) is 22.8 Å². The molecule has 2 rings (SSSR count). The number of hydrogen-bond acceptors (Lipinski definition) is 2. The van der Waals surface area contributed by atoms with E-state index in [1.54, 1.807) is 18.2 Å². The number of benzene rings is 1. The fourth-order valence-corrected chi connectivity index (χ4v) is 1.92. The Bertz CT molecular complexity index is 538. The fraction of sp³-hybridized carbons (Fsp3) is 0.214. The Morgan fingerprint density at radius 1 is 1.24 bits per heavy atom. The molecule has 1 aromatic carbocycles. The van der Waals surface area contributed by atoms with Crippen molar-refractivity contribution >= 4 is 17.4 Å². The van der Waals surface area contributed by atoms with Gasteiger partial charge >= 0.3 is 0 Å². The van der Waals surface area contributed by atoms with Gasteiger partial charge in [0.25, 0.3) is 0 Å². The quantitative estimate of drug-likeness (QED) is 0.770. The van der Waals surface area contributed by atoms with Crippen molar-refractivity contribution in [2.45, 2.75) is 20.3 Å². The van der Waals surface area contributed by atoms with Gasteiger partial charge < -0.3 is 4.42 Å². The summed E-state index contributed by atoms with van der Waals surface area (Å²) in [5.41, 5.74) is 1.62. The van der Waals surface area contributed by atoms with Gasteiger partial charge in [-0.2, -0.15) is 0 Å². The van der Waals surface area contributed by atoms with Gasteiger partial charge in [-0.05, 0) is 37.6 Å². The van der Waals surface area contributed by atoms with E-state index in [2.05, 4.69) is 0 Å². The molecule has 0 spiro atoms. The summed E-state index contributed by atoms with van der Waals surface area (Å²) in [6.45, 7) is 3.65. The average molecular weight is 249 g/mol. The van der Waals surface area contributed by atoms with Crippen molar-refractivity contribution in [2.75, 3.05) is 0 Å². The van der Waals surface area contributed by atoms with Gasteiger partial charge in [0.05, 0.1) is 5.56 Å². The van der Waals surface area contributed by atoms with Crippen LogP contribution in [0.25, 0.3) is 0 Å². The second kappa shape index (κ2) is 4.76. The summed E-state index contributed by atoms with van der Waals surface area (Å²) in [6.07, 6.45) is 0.372. The summed E-state index contributed by atoms with van der Waals surface area (Å²) < 4.78 is 5.35. The first kappa shape index (κ1) is 11.9. The zero-order chi connectivity index (χ0) is 12.4. The lowest BCUT2D eigenvalue weighted by Gasteiger charge is -2.00. The highest BCUT2D eigenvalue weighted by atomic mass is 35.5. The average Bonchev–Trinajstić information content (AvgIpc) is 2.61. The van der Waals surface area contributed by atoms with Crippen molar-refractivity contribution in [3.8, 4) is 0 Å². The molecule has 0 radical (unpaired) electrons. The molecule has 0 N–H and O–H groups in total. The number of ketones is 1. The minimum atomic E-state index is 0.0710. The van der Waals surface area contributed by atoms with E-state index < -0.39 is 0 Å². The van der Waals surface area contributed by atoms with Crippen LogP contribution in [0.1, 0.15) is 27.4 Å². The number of rotatable bonds is 3. The molecule has 0 aliphatic heterocycles. The van der Waals surface area contributed by atoms with Crippen molar-refractivity contribution in [3.63, 3.8) is 0 Å². The van der Waals surface area contributed by atoms with E-state index in [1.807, 2.05) is 26.0 Å². The van der Waals surface area contributed by atoms with Crippen LogP contribution in [0.5, 0.6) is 0 Å². The van der Waals surface area contributed by atoms with Crippen molar-refractivity contribution in [2.24, 2.45) is 0 Å². The van der Waals surface area contributed by atoms with Gasteiger partial charge in [-0.15, -0.1) is 0 Å². The summed E-state index contributed by atoms with van der Waals surface area (Å²) in [5, 5.41) is 0.677. The van der Waals surface area contributed by atoms with Crippen molar-refractivity contribution in [1.29, 1.82) is 0 Å². The Labute approximate surface area is 105 Å². The van der Waals surface area contributed by atoms with Crippen LogP contribution in [-0.2, 0) is 6.42 Å². The third-order valence-electron chi connectivity index (χ3n) is 2.62. The maximum atomic E-state index is 12.0. The molecule has 0 aliphatic carbocycles. The summed E-state index contributed by atoms with van der Waals surface area (Å²) in [7, 11) is 0. The van der Waals surface area contributed by atoms with Crippen LogP contribution in [0.15, 0.2) is 34.7 Å². The lowest BCUT2D eigenvalue weighted by Crippen LogP contribution is -2.03. The minimum Gasteiger partial charge on any atom is -0.466 e. The first-order chi connectivity index (χ1) is 8.06. The van der Waals surface area contributed by atoms with Crippen molar-refractivity contribution < 1.29 is 9.21 Å². The number of carbonyl (C=O) groups excluding carboxylic acids is 1. The predicted molar refractivity (Wildman–Crippen MR) is 67.7 cm³/mol. The Morgan fingerprint density at radius 2 is 1.88 bits per heavy atom. The third kappa shape index (κ3) is 2.77. The molecule has 0 amide bonds. The monoisotopic (exact) mass is 248 g/mol. The summed E-state index contributed by atoms with van der Waals surface area (Å²) in [6, 6.07) is 9.09. The highest BCUT2D eigenvalue weighted by Crippen LogP contribution is 2.17. The van der Waals surface area contributed by atoms with Gasteiger partial charge in [-0.25, -0.2) is 0 Å². The molecule has 1 heterocycles. The zero-order valence-corrected chi connectivity index (χ0v) is 10.5. The fourth-order valence-electron chi connectivity index (χ4n) is 1.79. The second-order valence-electron chi connectivity index (χ2n) is 4.05. The standard InChI is InChI=1S/C14H13ClO2/c1-9-7-13(10(2)17-9)14(16)8-11-3-5-12(15)6-4-11/h3-7H,8H2,1-2H3. The summed E-state index contributed by atoms with van der Waals surface area (Å²) in [5.74, 6) is 1.52. The van der Waals surface area contributed by atoms with Crippen molar-refractivity contribution in [1.82, 2.24) is 0 Å².